The number of anilines is 1. The van der Waals surface area contributed by atoms with E-state index >= 15 is 0 Å². The van der Waals surface area contributed by atoms with Crippen LogP contribution >= 0.6 is 11.3 Å². The second-order valence-corrected chi connectivity index (χ2v) is 7.04. The van der Waals surface area contributed by atoms with Crippen LogP contribution in [0.2, 0.25) is 0 Å². The summed E-state index contributed by atoms with van der Waals surface area (Å²) in [5.41, 5.74) is -0.409. The van der Waals surface area contributed by atoms with Gasteiger partial charge >= 0.3 is 0 Å². The van der Waals surface area contributed by atoms with Gasteiger partial charge in [0.2, 0.25) is 10.1 Å². The third-order valence-corrected chi connectivity index (χ3v) is 4.61. The fourth-order valence-corrected chi connectivity index (χ4v) is 3.30. The van der Waals surface area contributed by atoms with Gasteiger partial charge in [-0.25, -0.2) is 4.98 Å². The normalized spacial score (nSPS) is 11.2. The molecule has 2 aromatic heterocycles. The molecule has 0 radical (unpaired) electrons. The fraction of sp³-hybridized carbons (Fsp3) is 0.625. The number of likely N-dealkylation sites (N-methyl/N-ethyl adjacent to an activating group) is 1. The molecule has 0 saturated heterocycles. The summed E-state index contributed by atoms with van der Waals surface area (Å²) in [4.78, 5) is 33.7. The van der Waals surface area contributed by atoms with Crippen LogP contribution in [-0.2, 0) is 0 Å². The van der Waals surface area contributed by atoms with Crippen LogP contribution in [0, 0.1) is 0 Å². The molecule has 2 aromatic rings. The Kier molecular flexibility index (Phi) is 6.89. The highest BCUT2D eigenvalue weighted by molar-refractivity contribution is 7.20. The van der Waals surface area contributed by atoms with Crippen molar-refractivity contribution in [1.82, 2.24) is 24.8 Å². The highest BCUT2D eigenvalue weighted by atomic mass is 32.1. The highest BCUT2D eigenvalue weighted by Gasteiger charge is 2.18. The van der Waals surface area contributed by atoms with Gasteiger partial charge in [-0.2, -0.15) is 4.52 Å². The summed E-state index contributed by atoms with van der Waals surface area (Å²) < 4.78 is 1.24. The van der Waals surface area contributed by atoms with Gasteiger partial charge in [0.1, 0.15) is 5.56 Å². The van der Waals surface area contributed by atoms with Crippen LogP contribution in [0.1, 0.15) is 37.0 Å². The van der Waals surface area contributed by atoms with E-state index in [0.29, 0.717) is 18.1 Å². The molecule has 2 heterocycles. The standard InChI is InChI=1S/C16H26N6O2S/c1-5-8-21(9-6-2)16-19-22-14(24)12(11-18-15(22)25-16)13(23)17-7-10-20(3)4/h11H,5-10H2,1-4H3,(H,17,23). The molecule has 9 heteroatoms. The van der Waals surface area contributed by atoms with Crippen molar-refractivity contribution in [1.29, 1.82) is 0 Å². The Balaban J connectivity index is 2.26. The molecule has 0 fully saturated rings. The van der Waals surface area contributed by atoms with E-state index in [9.17, 15) is 9.59 Å². The predicted octanol–water partition coefficient (Wildman–Crippen LogP) is 1.07. The first kappa shape index (κ1) is 19.3. The largest absolute Gasteiger partial charge is 0.351 e. The molecule has 0 saturated carbocycles. The molecule has 2 rings (SSSR count). The Morgan fingerprint density at radius 3 is 2.52 bits per heavy atom. The summed E-state index contributed by atoms with van der Waals surface area (Å²) in [6.45, 7) is 7.14. The highest BCUT2D eigenvalue weighted by Crippen LogP contribution is 2.21. The molecule has 0 spiro atoms. The van der Waals surface area contributed by atoms with Crippen molar-refractivity contribution in [3.8, 4) is 0 Å². The first-order chi connectivity index (χ1) is 12.0. The third-order valence-electron chi connectivity index (χ3n) is 3.62. The number of hydrogen-bond acceptors (Lipinski definition) is 7. The molecule has 0 atom stereocenters. The number of carbonyl (C=O) groups excluding carboxylic acids is 1. The van der Waals surface area contributed by atoms with Crippen LogP contribution in [-0.4, -0.2) is 65.7 Å². The predicted molar refractivity (Wildman–Crippen MR) is 101 cm³/mol. The maximum Gasteiger partial charge on any atom is 0.288 e. The molecule has 0 aromatic carbocycles. The smallest absolute Gasteiger partial charge is 0.288 e. The van der Waals surface area contributed by atoms with Gasteiger partial charge in [0.25, 0.3) is 11.5 Å². The van der Waals surface area contributed by atoms with E-state index in [1.165, 1.54) is 22.0 Å². The van der Waals surface area contributed by atoms with Crippen molar-refractivity contribution in [2.45, 2.75) is 26.7 Å². The van der Waals surface area contributed by atoms with E-state index in [2.05, 4.69) is 34.1 Å². The summed E-state index contributed by atoms with van der Waals surface area (Å²) in [5, 5.41) is 7.90. The zero-order valence-corrected chi connectivity index (χ0v) is 16.1. The number of amides is 1. The number of nitrogens with zero attached hydrogens (tertiary/aromatic N) is 5. The van der Waals surface area contributed by atoms with E-state index in [1.807, 2.05) is 19.0 Å². The van der Waals surface area contributed by atoms with Gasteiger partial charge in [0.15, 0.2) is 0 Å². The van der Waals surface area contributed by atoms with Crippen molar-refractivity contribution < 1.29 is 4.79 Å². The molecule has 0 aliphatic rings. The molecule has 0 aliphatic carbocycles. The van der Waals surface area contributed by atoms with E-state index in [-0.39, 0.29) is 5.56 Å². The molecule has 138 valence electrons. The molecule has 0 bridgehead atoms. The van der Waals surface area contributed by atoms with Gasteiger partial charge in [0.05, 0.1) is 0 Å². The van der Waals surface area contributed by atoms with Gasteiger partial charge in [-0.3, -0.25) is 9.59 Å². The number of rotatable bonds is 9. The molecule has 0 unspecified atom stereocenters. The maximum atomic E-state index is 12.6. The van der Waals surface area contributed by atoms with Crippen LogP contribution in [0.25, 0.3) is 4.96 Å². The summed E-state index contributed by atoms with van der Waals surface area (Å²) in [7, 11) is 3.84. The number of nitrogens with one attached hydrogen (secondary N) is 1. The maximum absolute atomic E-state index is 12.6. The molecule has 0 aliphatic heterocycles. The lowest BCUT2D eigenvalue weighted by molar-refractivity contribution is 0.0949. The van der Waals surface area contributed by atoms with E-state index < -0.39 is 11.5 Å². The zero-order chi connectivity index (χ0) is 18.4. The van der Waals surface area contributed by atoms with Gasteiger partial charge in [-0.15, -0.1) is 5.10 Å². The second kappa shape index (κ2) is 8.91. The number of fused-ring (bicyclic) bond motifs is 1. The van der Waals surface area contributed by atoms with Crippen LogP contribution in [0.4, 0.5) is 5.13 Å². The average Bonchev–Trinajstić information content (AvgIpc) is 2.99. The van der Waals surface area contributed by atoms with Crippen molar-refractivity contribution in [2.24, 2.45) is 0 Å². The van der Waals surface area contributed by atoms with Gasteiger partial charge < -0.3 is 15.1 Å². The Morgan fingerprint density at radius 2 is 1.92 bits per heavy atom. The van der Waals surface area contributed by atoms with Crippen LogP contribution < -0.4 is 15.8 Å². The number of hydrogen-bond donors (Lipinski definition) is 1. The zero-order valence-electron chi connectivity index (χ0n) is 15.3. The topological polar surface area (TPSA) is 82.8 Å². The number of carbonyl (C=O) groups is 1. The first-order valence-corrected chi connectivity index (χ1v) is 9.36. The minimum absolute atomic E-state index is 0.0191. The molecule has 1 amide bonds. The molecule has 1 N–H and O–H groups in total. The summed E-state index contributed by atoms with van der Waals surface area (Å²) in [6, 6.07) is 0. The lowest BCUT2D eigenvalue weighted by Crippen LogP contribution is -2.35. The second-order valence-electron chi connectivity index (χ2n) is 6.10. The van der Waals surface area contributed by atoms with Crippen LogP contribution in [0.3, 0.4) is 0 Å². The quantitative estimate of drug-likeness (QED) is 0.715. The van der Waals surface area contributed by atoms with Crippen LogP contribution in [0.15, 0.2) is 11.0 Å². The first-order valence-electron chi connectivity index (χ1n) is 8.54. The van der Waals surface area contributed by atoms with Gasteiger partial charge in [0, 0.05) is 32.4 Å². The average molecular weight is 366 g/mol. The van der Waals surface area contributed by atoms with Crippen molar-refractivity contribution >= 4 is 27.3 Å². The van der Waals surface area contributed by atoms with Crippen molar-refractivity contribution in [2.75, 3.05) is 45.2 Å². The lowest BCUT2D eigenvalue weighted by atomic mass is 10.3. The fourth-order valence-electron chi connectivity index (χ4n) is 2.39. The summed E-state index contributed by atoms with van der Waals surface area (Å²) >= 11 is 1.37. The summed E-state index contributed by atoms with van der Waals surface area (Å²) in [5.74, 6) is -0.415. The van der Waals surface area contributed by atoms with Gasteiger partial charge in [-0.05, 0) is 26.9 Å². The van der Waals surface area contributed by atoms with Crippen molar-refractivity contribution in [3.63, 3.8) is 0 Å². The molecule has 25 heavy (non-hydrogen) atoms. The summed E-state index contributed by atoms with van der Waals surface area (Å²) in [6.07, 6.45) is 3.34. The minimum Gasteiger partial charge on any atom is -0.351 e. The Morgan fingerprint density at radius 1 is 1.24 bits per heavy atom. The van der Waals surface area contributed by atoms with Crippen LogP contribution in [0.5, 0.6) is 0 Å². The SMILES string of the molecule is CCCN(CCC)c1nn2c(=O)c(C(=O)NCCN(C)C)cnc2s1. The Hall–Kier alpha value is -2.00. The minimum atomic E-state index is -0.428. The van der Waals surface area contributed by atoms with E-state index in [1.54, 1.807) is 0 Å². The lowest BCUT2D eigenvalue weighted by Gasteiger charge is -2.19. The molecular formula is C16H26N6O2S. The number of aromatic nitrogens is 3. The molecule has 8 nitrogen and oxygen atoms in total. The van der Waals surface area contributed by atoms with Gasteiger partial charge in [-0.1, -0.05) is 25.2 Å². The Labute approximate surface area is 151 Å². The molecular weight excluding hydrogens is 340 g/mol. The van der Waals surface area contributed by atoms with E-state index in [4.69, 9.17) is 0 Å². The third kappa shape index (κ3) is 4.76. The monoisotopic (exact) mass is 366 g/mol. The van der Waals surface area contributed by atoms with Crippen molar-refractivity contribution in [3.05, 3.63) is 22.1 Å². The Bertz CT molecular complexity index is 764. The van der Waals surface area contributed by atoms with E-state index in [0.717, 1.165) is 31.1 Å².